The van der Waals surface area contributed by atoms with Gasteiger partial charge >= 0.3 is 0 Å². The lowest BCUT2D eigenvalue weighted by atomic mass is 9.50. The van der Waals surface area contributed by atoms with Gasteiger partial charge in [0.1, 0.15) is 5.75 Å². The van der Waals surface area contributed by atoms with Gasteiger partial charge in [-0.2, -0.15) is 0 Å². The SMILES string of the molecule is Cc1ccc(C(C)CC2C3CC4CC(C3)CC2C4)c(O)c1. The maximum absolute atomic E-state index is 10.2. The van der Waals surface area contributed by atoms with E-state index < -0.39 is 0 Å². The first-order valence-electron chi connectivity index (χ1n) is 8.89. The third-order valence-corrected chi connectivity index (χ3v) is 6.76. The van der Waals surface area contributed by atoms with Crippen molar-refractivity contribution in [3.63, 3.8) is 0 Å². The Bertz CT molecular complexity index is 505. The lowest BCUT2D eigenvalue weighted by Gasteiger charge is -2.55. The van der Waals surface area contributed by atoms with Gasteiger partial charge in [0.15, 0.2) is 0 Å². The van der Waals surface area contributed by atoms with E-state index in [1.54, 1.807) is 0 Å². The molecule has 1 aromatic rings. The van der Waals surface area contributed by atoms with Crippen LogP contribution in [0.4, 0.5) is 0 Å². The Balaban J connectivity index is 1.50. The second-order valence-corrected chi connectivity index (χ2v) is 8.29. The predicted molar refractivity (Wildman–Crippen MR) is 86.4 cm³/mol. The van der Waals surface area contributed by atoms with Gasteiger partial charge < -0.3 is 5.11 Å². The maximum Gasteiger partial charge on any atom is 0.119 e. The van der Waals surface area contributed by atoms with Crippen LogP contribution in [0.25, 0.3) is 0 Å². The van der Waals surface area contributed by atoms with Crippen LogP contribution in [0, 0.1) is 36.5 Å². The maximum atomic E-state index is 10.2. The zero-order valence-electron chi connectivity index (χ0n) is 13.4. The van der Waals surface area contributed by atoms with Gasteiger partial charge in [0.25, 0.3) is 0 Å². The number of phenols is 1. The third kappa shape index (κ3) is 2.39. The molecule has 114 valence electrons. The Morgan fingerprint density at radius 3 is 2.24 bits per heavy atom. The van der Waals surface area contributed by atoms with Gasteiger partial charge in [-0.3, -0.25) is 0 Å². The molecule has 0 aliphatic heterocycles. The minimum absolute atomic E-state index is 0.494. The Hall–Kier alpha value is -0.980. The molecule has 5 rings (SSSR count). The summed E-state index contributed by atoms with van der Waals surface area (Å²) in [5.74, 6) is 6.04. The van der Waals surface area contributed by atoms with Crippen LogP contribution in [0.1, 0.15) is 62.5 Å². The molecule has 0 aromatic heterocycles. The number of hydrogen-bond acceptors (Lipinski definition) is 1. The molecule has 4 fully saturated rings. The van der Waals surface area contributed by atoms with E-state index in [2.05, 4.69) is 19.1 Å². The van der Waals surface area contributed by atoms with Gasteiger partial charge in [-0.25, -0.2) is 0 Å². The van der Waals surface area contributed by atoms with Crippen molar-refractivity contribution in [1.82, 2.24) is 0 Å². The Labute approximate surface area is 128 Å². The molecule has 0 spiro atoms. The molecule has 4 saturated carbocycles. The molecule has 1 nitrogen and oxygen atoms in total. The van der Waals surface area contributed by atoms with E-state index in [1.165, 1.54) is 38.5 Å². The first kappa shape index (κ1) is 13.7. The van der Waals surface area contributed by atoms with Gasteiger partial charge in [0.05, 0.1) is 0 Å². The van der Waals surface area contributed by atoms with Crippen LogP contribution in [0.5, 0.6) is 5.75 Å². The van der Waals surface area contributed by atoms with Gasteiger partial charge in [-0.05, 0) is 98.1 Å². The van der Waals surface area contributed by atoms with Gasteiger partial charge in [0.2, 0.25) is 0 Å². The highest BCUT2D eigenvalue weighted by Crippen LogP contribution is 2.58. The predicted octanol–water partition coefficient (Wildman–Crippen LogP) is 5.27. The summed E-state index contributed by atoms with van der Waals surface area (Å²) in [6.07, 6.45) is 8.84. The molecule has 1 heteroatoms. The van der Waals surface area contributed by atoms with Crippen molar-refractivity contribution in [1.29, 1.82) is 0 Å². The van der Waals surface area contributed by atoms with Crippen LogP contribution in [-0.2, 0) is 0 Å². The average molecular weight is 284 g/mol. The fourth-order valence-corrected chi connectivity index (χ4v) is 6.03. The van der Waals surface area contributed by atoms with Crippen LogP contribution in [0.3, 0.4) is 0 Å². The average Bonchev–Trinajstić information content (AvgIpc) is 2.41. The summed E-state index contributed by atoms with van der Waals surface area (Å²) in [6, 6.07) is 6.20. The minimum Gasteiger partial charge on any atom is -0.508 e. The van der Waals surface area contributed by atoms with E-state index in [4.69, 9.17) is 0 Å². The number of benzene rings is 1. The lowest BCUT2D eigenvalue weighted by molar-refractivity contribution is -0.0417. The minimum atomic E-state index is 0.494. The first-order chi connectivity index (χ1) is 10.1. The molecular formula is C20H28O. The molecule has 0 heterocycles. The van der Waals surface area contributed by atoms with E-state index in [0.29, 0.717) is 11.7 Å². The zero-order chi connectivity index (χ0) is 14.6. The zero-order valence-corrected chi connectivity index (χ0v) is 13.4. The van der Waals surface area contributed by atoms with Crippen molar-refractivity contribution in [2.75, 3.05) is 0 Å². The van der Waals surface area contributed by atoms with Crippen molar-refractivity contribution < 1.29 is 5.11 Å². The Morgan fingerprint density at radius 2 is 1.67 bits per heavy atom. The number of aryl methyl sites for hydroxylation is 1. The number of rotatable bonds is 3. The molecule has 4 aliphatic rings. The van der Waals surface area contributed by atoms with Crippen LogP contribution in [-0.4, -0.2) is 5.11 Å². The lowest BCUT2D eigenvalue weighted by Crippen LogP contribution is -2.45. The molecule has 0 amide bonds. The monoisotopic (exact) mass is 284 g/mol. The number of hydrogen-bond donors (Lipinski definition) is 1. The summed E-state index contributed by atoms with van der Waals surface area (Å²) in [6.45, 7) is 4.36. The van der Waals surface area contributed by atoms with E-state index in [1.807, 2.05) is 13.0 Å². The Morgan fingerprint density at radius 1 is 1.05 bits per heavy atom. The topological polar surface area (TPSA) is 20.2 Å². The highest BCUT2D eigenvalue weighted by atomic mass is 16.3. The fourth-order valence-electron chi connectivity index (χ4n) is 6.03. The molecule has 1 atom stereocenters. The van der Waals surface area contributed by atoms with E-state index in [9.17, 15) is 5.11 Å². The van der Waals surface area contributed by atoms with Crippen molar-refractivity contribution in [2.24, 2.45) is 29.6 Å². The number of phenolic OH excluding ortho intramolecular Hbond substituents is 1. The second-order valence-electron chi connectivity index (χ2n) is 8.29. The van der Waals surface area contributed by atoms with Gasteiger partial charge in [-0.1, -0.05) is 19.1 Å². The molecule has 4 bridgehead atoms. The molecule has 0 saturated heterocycles. The first-order valence-corrected chi connectivity index (χ1v) is 8.89. The summed E-state index contributed by atoms with van der Waals surface area (Å²) < 4.78 is 0. The van der Waals surface area contributed by atoms with Crippen LogP contribution < -0.4 is 0 Å². The normalized spacial score (nSPS) is 38.7. The molecule has 1 unspecified atom stereocenters. The molecule has 21 heavy (non-hydrogen) atoms. The van der Waals surface area contributed by atoms with Gasteiger partial charge in [-0.15, -0.1) is 0 Å². The molecule has 4 aliphatic carbocycles. The van der Waals surface area contributed by atoms with Crippen LogP contribution in [0.15, 0.2) is 18.2 Å². The highest BCUT2D eigenvalue weighted by molar-refractivity contribution is 5.38. The fraction of sp³-hybridized carbons (Fsp3) is 0.700. The van der Waals surface area contributed by atoms with Crippen LogP contribution in [0.2, 0.25) is 0 Å². The van der Waals surface area contributed by atoms with E-state index in [0.717, 1.165) is 40.7 Å². The van der Waals surface area contributed by atoms with Crippen molar-refractivity contribution in [2.45, 2.75) is 58.3 Å². The molecule has 1 N–H and O–H groups in total. The van der Waals surface area contributed by atoms with Crippen LogP contribution >= 0.6 is 0 Å². The smallest absolute Gasteiger partial charge is 0.119 e. The molecule has 0 radical (unpaired) electrons. The summed E-state index contributed by atoms with van der Waals surface area (Å²) in [5, 5.41) is 10.2. The summed E-state index contributed by atoms with van der Waals surface area (Å²) in [7, 11) is 0. The standard InChI is InChI=1S/C20H28O/c1-12-3-4-18(20(21)5-12)13(2)6-19-16-8-14-7-15(10-16)11-17(19)9-14/h3-5,13-17,19,21H,6-11H2,1-2H3. The largest absolute Gasteiger partial charge is 0.508 e. The summed E-state index contributed by atoms with van der Waals surface area (Å²) in [5.41, 5.74) is 2.31. The van der Waals surface area contributed by atoms with Gasteiger partial charge in [0, 0.05) is 0 Å². The van der Waals surface area contributed by atoms with E-state index >= 15 is 0 Å². The highest BCUT2D eigenvalue weighted by Gasteiger charge is 2.48. The molecular weight excluding hydrogens is 256 g/mol. The van der Waals surface area contributed by atoms with Crippen molar-refractivity contribution >= 4 is 0 Å². The summed E-state index contributed by atoms with van der Waals surface area (Å²) >= 11 is 0. The van der Waals surface area contributed by atoms with E-state index in [-0.39, 0.29) is 0 Å². The second kappa shape index (κ2) is 5.04. The number of aromatic hydroxyl groups is 1. The molecule has 1 aromatic carbocycles. The third-order valence-electron chi connectivity index (χ3n) is 6.76. The van der Waals surface area contributed by atoms with Crippen molar-refractivity contribution in [3.05, 3.63) is 29.3 Å². The van der Waals surface area contributed by atoms with Crippen molar-refractivity contribution in [3.8, 4) is 5.75 Å². The summed E-state index contributed by atoms with van der Waals surface area (Å²) in [4.78, 5) is 0. The Kier molecular flexibility index (Phi) is 3.28. The quantitative estimate of drug-likeness (QED) is 0.802.